The first-order valence-corrected chi connectivity index (χ1v) is 10.7. The zero-order valence-electron chi connectivity index (χ0n) is 16.1. The van der Waals surface area contributed by atoms with Crippen LogP contribution in [-0.2, 0) is 11.3 Å². The molecule has 1 fully saturated rings. The molecule has 0 radical (unpaired) electrons. The molecule has 0 aliphatic carbocycles. The van der Waals surface area contributed by atoms with E-state index in [2.05, 4.69) is 10.3 Å². The Hall–Kier alpha value is -2.84. The van der Waals surface area contributed by atoms with Crippen molar-refractivity contribution in [2.24, 2.45) is 4.99 Å². The molecule has 2 heterocycles. The van der Waals surface area contributed by atoms with Crippen molar-refractivity contribution >= 4 is 46.3 Å². The lowest BCUT2D eigenvalue weighted by Gasteiger charge is -2.36. The van der Waals surface area contributed by atoms with Crippen LogP contribution in [0.3, 0.4) is 0 Å². The number of aliphatic imine (C=N–C) groups is 1. The van der Waals surface area contributed by atoms with Gasteiger partial charge in [-0.3, -0.25) is 14.9 Å². The van der Waals surface area contributed by atoms with Gasteiger partial charge in [-0.25, -0.2) is 9.79 Å². The van der Waals surface area contributed by atoms with Crippen molar-refractivity contribution in [2.75, 3.05) is 12.8 Å². The number of carbonyl (C=O) groups is 3. The molecule has 4 rings (SSSR count). The number of halogens is 1. The Labute approximate surface area is 183 Å². The van der Waals surface area contributed by atoms with E-state index in [9.17, 15) is 14.4 Å². The van der Waals surface area contributed by atoms with Gasteiger partial charge in [0.05, 0.1) is 5.75 Å². The lowest BCUT2D eigenvalue weighted by Crippen LogP contribution is -2.63. The van der Waals surface area contributed by atoms with Crippen molar-refractivity contribution in [3.05, 3.63) is 70.7 Å². The van der Waals surface area contributed by atoms with Crippen LogP contribution in [0.2, 0.25) is 5.02 Å². The fourth-order valence-corrected chi connectivity index (χ4v) is 4.58. The number of hydrogen-bond donors (Lipinski definition) is 1. The van der Waals surface area contributed by atoms with Crippen LogP contribution in [0, 0.1) is 0 Å². The molecule has 7 nitrogen and oxygen atoms in total. The summed E-state index contributed by atoms with van der Waals surface area (Å²) in [4.78, 5) is 45.1. The minimum atomic E-state index is -0.682. The molecule has 2 aromatic carbocycles. The van der Waals surface area contributed by atoms with Gasteiger partial charge in [0, 0.05) is 24.2 Å². The Morgan fingerprint density at radius 3 is 2.57 bits per heavy atom. The average molecular weight is 443 g/mol. The Bertz CT molecular complexity index is 1030. The van der Waals surface area contributed by atoms with Gasteiger partial charge in [-0.2, -0.15) is 0 Å². The summed E-state index contributed by atoms with van der Waals surface area (Å²) in [6.45, 7) is 0.335. The van der Waals surface area contributed by atoms with Crippen molar-refractivity contribution in [3.8, 4) is 0 Å². The van der Waals surface area contributed by atoms with E-state index in [1.807, 2.05) is 41.3 Å². The van der Waals surface area contributed by atoms with Crippen LogP contribution in [-0.4, -0.2) is 57.7 Å². The fraction of sp³-hybridized carbons (Fsp3) is 0.238. The smallest absolute Gasteiger partial charge is 0.325 e. The van der Waals surface area contributed by atoms with Crippen molar-refractivity contribution in [1.29, 1.82) is 0 Å². The molecule has 2 aromatic rings. The molecular formula is C21H19ClN4O3S. The maximum absolute atomic E-state index is 12.6. The van der Waals surface area contributed by atoms with Gasteiger partial charge in [0.2, 0.25) is 0 Å². The molecule has 2 atom stereocenters. The monoisotopic (exact) mass is 442 g/mol. The minimum absolute atomic E-state index is 0.0373. The normalized spacial score (nSPS) is 20.7. The number of amidine groups is 1. The Kier molecular flexibility index (Phi) is 5.78. The molecule has 0 aromatic heterocycles. The molecule has 0 saturated carbocycles. The standard InChI is InChI=1S/C21H19ClN4O3S/c1-25-18-17(19(28)24-20(25)29)26(11-14-9-5-6-10-15(14)22)21(23-18)30-12-16(27)13-7-3-2-4-8-13/h2-10,17-18H,11-12H2,1H3,(H,24,28,29). The van der Waals surface area contributed by atoms with Gasteiger partial charge in [0.15, 0.2) is 23.2 Å². The van der Waals surface area contributed by atoms with Crippen LogP contribution in [0.1, 0.15) is 15.9 Å². The van der Waals surface area contributed by atoms with Crippen molar-refractivity contribution in [3.63, 3.8) is 0 Å². The molecule has 154 valence electrons. The van der Waals surface area contributed by atoms with Gasteiger partial charge in [-0.05, 0) is 11.6 Å². The van der Waals surface area contributed by atoms with Crippen LogP contribution >= 0.6 is 23.4 Å². The van der Waals surface area contributed by atoms with Crippen molar-refractivity contribution in [1.82, 2.24) is 15.1 Å². The SMILES string of the molecule is CN1C(=O)NC(=O)C2C1N=C(SCC(=O)c1ccccc1)N2Cc1ccccc1Cl. The molecule has 3 amide bonds. The fourth-order valence-electron chi connectivity index (χ4n) is 3.43. The number of amides is 3. The number of rotatable bonds is 5. The average Bonchev–Trinajstić information content (AvgIpc) is 3.11. The van der Waals surface area contributed by atoms with E-state index >= 15 is 0 Å². The van der Waals surface area contributed by atoms with E-state index in [0.717, 1.165) is 5.56 Å². The summed E-state index contributed by atoms with van der Waals surface area (Å²) in [5.41, 5.74) is 1.44. The Morgan fingerprint density at radius 2 is 1.83 bits per heavy atom. The molecule has 0 spiro atoms. The van der Waals surface area contributed by atoms with Gasteiger partial charge in [-0.1, -0.05) is 71.9 Å². The van der Waals surface area contributed by atoms with Crippen molar-refractivity contribution < 1.29 is 14.4 Å². The van der Waals surface area contributed by atoms with Crippen LogP contribution in [0.15, 0.2) is 59.6 Å². The second-order valence-electron chi connectivity index (χ2n) is 6.97. The summed E-state index contributed by atoms with van der Waals surface area (Å²) >= 11 is 7.59. The first-order chi connectivity index (χ1) is 14.5. The number of thioether (sulfide) groups is 1. The zero-order chi connectivity index (χ0) is 21.3. The number of hydrogen-bond acceptors (Lipinski definition) is 6. The van der Waals surface area contributed by atoms with E-state index < -0.39 is 24.1 Å². The summed E-state index contributed by atoms with van der Waals surface area (Å²) in [7, 11) is 1.60. The van der Waals surface area contributed by atoms with E-state index in [-0.39, 0.29) is 11.5 Å². The number of carbonyl (C=O) groups excluding carboxylic acids is 3. The molecule has 2 aliphatic rings. The summed E-state index contributed by atoms with van der Waals surface area (Å²) in [5, 5.41) is 3.47. The van der Waals surface area contributed by atoms with Gasteiger partial charge in [0.25, 0.3) is 5.91 Å². The predicted molar refractivity (Wildman–Crippen MR) is 117 cm³/mol. The number of imide groups is 1. The zero-order valence-corrected chi connectivity index (χ0v) is 17.7. The molecule has 0 bridgehead atoms. The molecule has 1 saturated heterocycles. The van der Waals surface area contributed by atoms with E-state index in [4.69, 9.17) is 11.6 Å². The first kappa shape index (κ1) is 20.4. The van der Waals surface area contributed by atoms with Gasteiger partial charge in [0.1, 0.15) is 0 Å². The highest BCUT2D eigenvalue weighted by molar-refractivity contribution is 8.14. The van der Waals surface area contributed by atoms with Crippen LogP contribution in [0.25, 0.3) is 0 Å². The second-order valence-corrected chi connectivity index (χ2v) is 8.32. The lowest BCUT2D eigenvalue weighted by molar-refractivity contribution is -0.127. The molecule has 1 N–H and O–H groups in total. The van der Waals surface area contributed by atoms with Crippen LogP contribution in [0.4, 0.5) is 4.79 Å². The molecule has 2 aliphatic heterocycles. The largest absolute Gasteiger partial charge is 0.331 e. The maximum atomic E-state index is 12.6. The topological polar surface area (TPSA) is 82.1 Å². The third kappa shape index (κ3) is 3.93. The molecule has 9 heteroatoms. The molecule has 2 unspecified atom stereocenters. The predicted octanol–water partition coefficient (Wildman–Crippen LogP) is 3.00. The van der Waals surface area contributed by atoms with Crippen molar-refractivity contribution in [2.45, 2.75) is 18.8 Å². The number of ketones is 1. The number of likely N-dealkylation sites (N-methyl/N-ethyl adjacent to an activating group) is 1. The lowest BCUT2D eigenvalue weighted by atomic mass is 10.1. The van der Waals surface area contributed by atoms with Crippen LogP contribution < -0.4 is 5.32 Å². The third-order valence-electron chi connectivity index (χ3n) is 5.05. The summed E-state index contributed by atoms with van der Waals surface area (Å²) < 4.78 is 0. The van der Waals surface area contributed by atoms with Gasteiger partial charge < -0.3 is 9.80 Å². The number of urea groups is 1. The Morgan fingerprint density at radius 1 is 1.13 bits per heavy atom. The number of benzene rings is 2. The molecular weight excluding hydrogens is 424 g/mol. The maximum Gasteiger partial charge on any atom is 0.325 e. The summed E-state index contributed by atoms with van der Waals surface area (Å²) in [6, 6.07) is 15.2. The highest BCUT2D eigenvalue weighted by Crippen LogP contribution is 2.31. The third-order valence-corrected chi connectivity index (χ3v) is 6.42. The number of nitrogens with one attached hydrogen (secondary N) is 1. The van der Waals surface area contributed by atoms with E-state index in [1.165, 1.54) is 16.7 Å². The van der Waals surface area contributed by atoms with E-state index in [1.54, 1.807) is 25.2 Å². The first-order valence-electron chi connectivity index (χ1n) is 9.32. The van der Waals surface area contributed by atoms with Gasteiger partial charge >= 0.3 is 6.03 Å². The highest BCUT2D eigenvalue weighted by Gasteiger charge is 2.48. The minimum Gasteiger partial charge on any atom is -0.331 e. The number of fused-ring (bicyclic) bond motifs is 1. The molecule has 30 heavy (non-hydrogen) atoms. The second kappa shape index (κ2) is 8.49. The number of Topliss-reactive ketones (excluding diaryl/α,β-unsaturated/α-hetero) is 1. The summed E-state index contributed by atoms with van der Waals surface area (Å²) in [6.07, 6.45) is -0.650. The highest BCUT2D eigenvalue weighted by atomic mass is 35.5. The van der Waals surface area contributed by atoms with Gasteiger partial charge in [-0.15, -0.1) is 0 Å². The van der Waals surface area contributed by atoms with E-state index in [0.29, 0.717) is 22.3 Å². The Balaban J connectivity index is 1.59. The number of nitrogens with zero attached hydrogens (tertiary/aromatic N) is 3. The quantitative estimate of drug-likeness (QED) is 0.720. The van der Waals surface area contributed by atoms with Crippen LogP contribution in [0.5, 0.6) is 0 Å². The summed E-state index contributed by atoms with van der Waals surface area (Å²) in [5.74, 6) is -0.283.